The molecule has 2 heterocycles. The maximum atomic E-state index is 12.3. The molecule has 0 radical (unpaired) electrons. The number of hydrogen-bond acceptors (Lipinski definition) is 4. The van der Waals surface area contributed by atoms with E-state index in [2.05, 4.69) is 34.1 Å². The predicted molar refractivity (Wildman–Crippen MR) is 94.4 cm³/mol. The van der Waals surface area contributed by atoms with Crippen molar-refractivity contribution in [3.63, 3.8) is 0 Å². The molecule has 3 rings (SSSR count). The Morgan fingerprint density at radius 1 is 1.24 bits per heavy atom. The number of aryl methyl sites for hydroxylation is 2. The second-order valence-corrected chi connectivity index (χ2v) is 7.18. The van der Waals surface area contributed by atoms with Crippen LogP contribution >= 0.6 is 0 Å². The quantitative estimate of drug-likeness (QED) is 0.760. The molecule has 3 N–H and O–H groups in total. The van der Waals surface area contributed by atoms with E-state index in [1.807, 2.05) is 0 Å². The van der Waals surface area contributed by atoms with Crippen molar-refractivity contribution in [1.82, 2.24) is 24.8 Å². The molecule has 25 heavy (non-hydrogen) atoms. The number of H-pyrrole nitrogens is 2. The number of aromatic nitrogens is 4. The van der Waals surface area contributed by atoms with Crippen molar-refractivity contribution in [1.29, 1.82) is 0 Å². The zero-order chi connectivity index (χ0) is 18.1. The van der Waals surface area contributed by atoms with Gasteiger partial charge in [0.1, 0.15) is 11.3 Å². The Morgan fingerprint density at radius 3 is 2.60 bits per heavy atom. The van der Waals surface area contributed by atoms with E-state index < -0.39 is 11.2 Å². The number of rotatable bonds is 4. The minimum Gasteiger partial charge on any atom is -0.353 e. The number of aromatic amines is 2. The Bertz CT molecular complexity index is 884. The van der Waals surface area contributed by atoms with E-state index in [0.29, 0.717) is 36.1 Å². The first kappa shape index (κ1) is 17.4. The second kappa shape index (κ2) is 6.85. The van der Waals surface area contributed by atoms with Crippen molar-refractivity contribution in [2.45, 2.75) is 52.0 Å². The summed E-state index contributed by atoms with van der Waals surface area (Å²) in [5.74, 6) is 1.51. The van der Waals surface area contributed by atoms with Gasteiger partial charge in [-0.3, -0.25) is 19.1 Å². The number of nitrogens with one attached hydrogen (secondary N) is 3. The van der Waals surface area contributed by atoms with Gasteiger partial charge >= 0.3 is 5.69 Å². The normalized spacial score (nSPS) is 21.6. The fraction of sp³-hybridized carbons (Fsp3) is 0.647. The van der Waals surface area contributed by atoms with E-state index in [-0.39, 0.29) is 17.5 Å². The number of carbonyl (C=O) groups excluding carboxylic acids is 1. The monoisotopic (exact) mass is 347 g/mol. The standard InChI is InChI=1S/C17H25N5O3/c1-9-5-4-6-10(2)13(9)20-12(23)8-7-11-18-14-15(19-11)22(3)17(25)21-16(14)24/h9-10,13H,4-8H2,1-3H3,(H,18,19)(H,20,23)(H,21,24,25)/t9-,10-/m0/s1. The highest BCUT2D eigenvalue weighted by molar-refractivity contribution is 5.76. The molecule has 8 heteroatoms. The molecule has 0 saturated heterocycles. The lowest BCUT2D eigenvalue weighted by molar-refractivity contribution is -0.122. The van der Waals surface area contributed by atoms with E-state index in [1.165, 1.54) is 11.0 Å². The Kier molecular flexibility index (Phi) is 4.78. The largest absolute Gasteiger partial charge is 0.353 e. The first-order valence-electron chi connectivity index (χ1n) is 8.84. The number of nitrogens with zero attached hydrogens (tertiary/aromatic N) is 2. The van der Waals surface area contributed by atoms with Crippen molar-refractivity contribution >= 4 is 17.1 Å². The number of amides is 1. The van der Waals surface area contributed by atoms with Gasteiger partial charge in [0.15, 0.2) is 5.65 Å². The summed E-state index contributed by atoms with van der Waals surface area (Å²) in [6, 6.07) is 0.223. The summed E-state index contributed by atoms with van der Waals surface area (Å²) in [6.07, 6.45) is 4.21. The van der Waals surface area contributed by atoms with Crippen molar-refractivity contribution in [3.05, 3.63) is 26.7 Å². The first-order valence-corrected chi connectivity index (χ1v) is 8.84. The van der Waals surface area contributed by atoms with Gasteiger partial charge in [0, 0.05) is 25.9 Å². The number of hydrogen-bond donors (Lipinski definition) is 3. The third kappa shape index (κ3) is 3.52. The van der Waals surface area contributed by atoms with E-state index in [0.717, 1.165) is 12.8 Å². The maximum absolute atomic E-state index is 12.3. The topological polar surface area (TPSA) is 113 Å². The average Bonchev–Trinajstić information content (AvgIpc) is 2.99. The molecule has 2 aromatic rings. The highest BCUT2D eigenvalue weighted by Crippen LogP contribution is 2.28. The highest BCUT2D eigenvalue weighted by atomic mass is 16.2. The molecule has 136 valence electrons. The van der Waals surface area contributed by atoms with Crippen LogP contribution in [0.5, 0.6) is 0 Å². The SMILES string of the molecule is C[C@H]1CCC[C@H](C)C1NC(=O)CCc1nc2c([nH]1)c(=O)[nH]c(=O)n2C. The molecule has 0 bridgehead atoms. The summed E-state index contributed by atoms with van der Waals surface area (Å²) < 4.78 is 1.28. The Morgan fingerprint density at radius 2 is 1.92 bits per heavy atom. The molecule has 0 aliphatic heterocycles. The lowest BCUT2D eigenvalue weighted by atomic mass is 9.78. The summed E-state index contributed by atoms with van der Waals surface area (Å²) in [5.41, 5.74) is -0.439. The van der Waals surface area contributed by atoms with Gasteiger partial charge in [-0.1, -0.05) is 20.3 Å². The fourth-order valence-corrected chi connectivity index (χ4v) is 3.73. The summed E-state index contributed by atoms with van der Waals surface area (Å²) in [4.78, 5) is 45.2. The lowest BCUT2D eigenvalue weighted by Gasteiger charge is -2.35. The molecule has 1 aliphatic rings. The van der Waals surface area contributed by atoms with E-state index in [4.69, 9.17) is 0 Å². The van der Waals surface area contributed by atoms with Crippen molar-refractivity contribution in [2.75, 3.05) is 0 Å². The van der Waals surface area contributed by atoms with Gasteiger partial charge < -0.3 is 10.3 Å². The van der Waals surface area contributed by atoms with Crippen LogP contribution in [-0.4, -0.2) is 31.5 Å². The minimum atomic E-state index is -0.506. The molecule has 1 aliphatic carbocycles. The summed E-state index contributed by atoms with van der Waals surface area (Å²) in [5, 5.41) is 3.15. The molecule has 8 nitrogen and oxygen atoms in total. The molecule has 0 aromatic carbocycles. The van der Waals surface area contributed by atoms with Crippen LogP contribution in [0.1, 0.15) is 45.4 Å². The van der Waals surface area contributed by atoms with Crippen molar-refractivity contribution < 1.29 is 4.79 Å². The van der Waals surface area contributed by atoms with Gasteiger partial charge in [0.05, 0.1) is 0 Å². The Labute approximate surface area is 145 Å². The molecule has 0 unspecified atom stereocenters. The predicted octanol–water partition coefficient (Wildman–Crippen LogP) is 0.823. The lowest BCUT2D eigenvalue weighted by Crippen LogP contribution is -2.45. The van der Waals surface area contributed by atoms with Gasteiger partial charge in [0.25, 0.3) is 5.56 Å². The van der Waals surface area contributed by atoms with Gasteiger partial charge in [-0.15, -0.1) is 0 Å². The fourth-order valence-electron chi connectivity index (χ4n) is 3.73. The maximum Gasteiger partial charge on any atom is 0.329 e. The van der Waals surface area contributed by atoms with Crippen LogP contribution in [0.4, 0.5) is 0 Å². The van der Waals surface area contributed by atoms with Gasteiger partial charge in [-0.05, 0) is 24.7 Å². The van der Waals surface area contributed by atoms with Crippen LogP contribution in [0.2, 0.25) is 0 Å². The van der Waals surface area contributed by atoms with Gasteiger partial charge in [0.2, 0.25) is 5.91 Å². The molecule has 1 saturated carbocycles. The molecule has 2 atom stereocenters. The molecule has 2 aromatic heterocycles. The van der Waals surface area contributed by atoms with Crippen LogP contribution in [-0.2, 0) is 18.3 Å². The zero-order valence-electron chi connectivity index (χ0n) is 14.9. The van der Waals surface area contributed by atoms with Gasteiger partial charge in [-0.25, -0.2) is 9.78 Å². The summed E-state index contributed by atoms with van der Waals surface area (Å²) >= 11 is 0. The molecule has 1 fully saturated rings. The van der Waals surface area contributed by atoms with Gasteiger partial charge in [-0.2, -0.15) is 0 Å². The van der Waals surface area contributed by atoms with E-state index in [9.17, 15) is 14.4 Å². The Balaban J connectivity index is 1.67. The summed E-state index contributed by atoms with van der Waals surface area (Å²) in [7, 11) is 1.55. The number of fused-ring (bicyclic) bond motifs is 1. The minimum absolute atomic E-state index is 0.00569. The molecule has 1 amide bonds. The van der Waals surface area contributed by atoms with Crippen LogP contribution in [0, 0.1) is 11.8 Å². The second-order valence-electron chi connectivity index (χ2n) is 7.18. The first-order chi connectivity index (χ1) is 11.9. The molecule has 0 spiro atoms. The molecular formula is C17H25N5O3. The summed E-state index contributed by atoms with van der Waals surface area (Å²) in [6.45, 7) is 4.37. The van der Waals surface area contributed by atoms with Crippen LogP contribution < -0.4 is 16.6 Å². The Hall–Kier alpha value is -2.38. The van der Waals surface area contributed by atoms with E-state index >= 15 is 0 Å². The third-order valence-corrected chi connectivity index (χ3v) is 5.27. The van der Waals surface area contributed by atoms with Crippen molar-refractivity contribution in [3.8, 4) is 0 Å². The molecular weight excluding hydrogens is 322 g/mol. The van der Waals surface area contributed by atoms with Crippen molar-refractivity contribution in [2.24, 2.45) is 18.9 Å². The zero-order valence-corrected chi connectivity index (χ0v) is 14.9. The smallest absolute Gasteiger partial charge is 0.329 e. The third-order valence-electron chi connectivity index (χ3n) is 5.27. The van der Waals surface area contributed by atoms with Crippen LogP contribution in [0.15, 0.2) is 9.59 Å². The number of carbonyl (C=O) groups is 1. The average molecular weight is 347 g/mol. The van der Waals surface area contributed by atoms with Crippen LogP contribution in [0.3, 0.4) is 0 Å². The highest BCUT2D eigenvalue weighted by Gasteiger charge is 2.28. The van der Waals surface area contributed by atoms with E-state index in [1.54, 1.807) is 7.05 Å². The number of imidazole rings is 1. The van der Waals surface area contributed by atoms with Crippen LogP contribution in [0.25, 0.3) is 11.2 Å².